The molecular weight excluding hydrogens is 220 g/mol. The van der Waals surface area contributed by atoms with Crippen molar-refractivity contribution in [1.82, 2.24) is 9.78 Å². The van der Waals surface area contributed by atoms with Gasteiger partial charge in [0.05, 0.1) is 9.21 Å². The molecule has 0 bridgehead atoms. The lowest BCUT2D eigenvalue weighted by Gasteiger charge is -1.90. The molecule has 0 radical (unpaired) electrons. The van der Waals surface area contributed by atoms with E-state index >= 15 is 0 Å². The van der Waals surface area contributed by atoms with E-state index in [1.54, 1.807) is 36.1 Å². The summed E-state index contributed by atoms with van der Waals surface area (Å²) in [6.45, 7) is 0. The van der Waals surface area contributed by atoms with Crippen molar-refractivity contribution in [2.24, 2.45) is 7.05 Å². The standard InChI is InChI=1S/C9H7ClN2OS/c1-12-5-4-6(11-12)9(13)7-2-3-8(10)14-7/h2-5H,1H3. The zero-order valence-electron chi connectivity index (χ0n) is 7.40. The molecule has 0 atom stereocenters. The number of hydrogen-bond acceptors (Lipinski definition) is 3. The molecule has 2 aromatic heterocycles. The Morgan fingerprint density at radius 1 is 1.50 bits per heavy atom. The van der Waals surface area contributed by atoms with Crippen LogP contribution in [0.5, 0.6) is 0 Å². The monoisotopic (exact) mass is 226 g/mol. The maximum Gasteiger partial charge on any atom is 0.223 e. The highest BCUT2D eigenvalue weighted by molar-refractivity contribution is 7.18. The molecule has 0 saturated heterocycles. The van der Waals surface area contributed by atoms with Crippen LogP contribution in [0.25, 0.3) is 0 Å². The molecule has 5 heteroatoms. The van der Waals surface area contributed by atoms with E-state index in [2.05, 4.69) is 5.10 Å². The lowest BCUT2D eigenvalue weighted by molar-refractivity contribution is 0.103. The van der Waals surface area contributed by atoms with Crippen LogP contribution < -0.4 is 0 Å². The maximum atomic E-state index is 11.7. The van der Waals surface area contributed by atoms with Crippen molar-refractivity contribution in [3.8, 4) is 0 Å². The van der Waals surface area contributed by atoms with Gasteiger partial charge in [0.25, 0.3) is 0 Å². The molecule has 0 amide bonds. The predicted octanol–water partition coefficient (Wildman–Crippen LogP) is 2.37. The quantitative estimate of drug-likeness (QED) is 0.737. The average Bonchev–Trinajstić information content (AvgIpc) is 2.73. The molecule has 2 heterocycles. The van der Waals surface area contributed by atoms with Crippen molar-refractivity contribution in [3.63, 3.8) is 0 Å². The Kier molecular flexibility index (Phi) is 2.39. The summed E-state index contributed by atoms with van der Waals surface area (Å²) < 4.78 is 2.21. The Labute approximate surface area is 89.9 Å². The summed E-state index contributed by atoms with van der Waals surface area (Å²) in [6, 6.07) is 5.11. The zero-order valence-corrected chi connectivity index (χ0v) is 8.97. The summed E-state index contributed by atoms with van der Waals surface area (Å²) in [7, 11) is 1.78. The second-order valence-corrected chi connectivity index (χ2v) is 4.52. The first-order valence-electron chi connectivity index (χ1n) is 3.96. The molecular formula is C9H7ClN2OS. The van der Waals surface area contributed by atoms with Crippen molar-refractivity contribution in [2.75, 3.05) is 0 Å². The summed E-state index contributed by atoms with van der Waals surface area (Å²) >= 11 is 7.00. The first kappa shape index (κ1) is 9.43. The molecule has 2 rings (SSSR count). The van der Waals surface area contributed by atoms with E-state index in [9.17, 15) is 4.79 Å². The van der Waals surface area contributed by atoms with Gasteiger partial charge in [-0.1, -0.05) is 11.6 Å². The third kappa shape index (κ3) is 1.71. The third-order valence-corrected chi connectivity index (χ3v) is 2.97. The Balaban J connectivity index is 2.33. The largest absolute Gasteiger partial charge is 0.286 e. The molecule has 14 heavy (non-hydrogen) atoms. The summed E-state index contributed by atoms with van der Waals surface area (Å²) in [5.41, 5.74) is 0.450. The van der Waals surface area contributed by atoms with Crippen LogP contribution in [0.15, 0.2) is 24.4 Å². The number of carbonyl (C=O) groups excluding carboxylic acids is 1. The molecule has 0 aliphatic heterocycles. The van der Waals surface area contributed by atoms with Crippen LogP contribution in [0.2, 0.25) is 4.34 Å². The number of carbonyl (C=O) groups is 1. The Bertz CT molecular complexity index is 432. The van der Waals surface area contributed by atoms with E-state index in [1.165, 1.54) is 11.3 Å². The molecule has 0 spiro atoms. The number of rotatable bonds is 2. The van der Waals surface area contributed by atoms with Crippen LogP contribution in [0.1, 0.15) is 15.4 Å². The summed E-state index contributed by atoms with van der Waals surface area (Å²) in [4.78, 5) is 12.4. The fraction of sp³-hybridized carbons (Fsp3) is 0.111. The van der Waals surface area contributed by atoms with E-state index in [1.807, 2.05) is 0 Å². The number of ketones is 1. The minimum atomic E-state index is -0.0810. The van der Waals surface area contributed by atoms with Crippen molar-refractivity contribution in [2.45, 2.75) is 0 Å². The smallest absolute Gasteiger partial charge is 0.223 e. The molecule has 72 valence electrons. The topological polar surface area (TPSA) is 34.9 Å². The van der Waals surface area contributed by atoms with Crippen molar-refractivity contribution < 1.29 is 4.79 Å². The Morgan fingerprint density at radius 2 is 2.29 bits per heavy atom. The second kappa shape index (κ2) is 3.55. The fourth-order valence-corrected chi connectivity index (χ4v) is 2.09. The van der Waals surface area contributed by atoms with Gasteiger partial charge < -0.3 is 0 Å². The van der Waals surface area contributed by atoms with Crippen molar-refractivity contribution in [3.05, 3.63) is 39.3 Å². The van der Waals surface area contributed by atoms with Gasteiger partial charge in [-0.3, -0.25) is 9.48 Å². The highest BCUT2D eigenvalue weighted by Crippen LogP contribution is 2.23. The van der Waals surface area contributed by atoms with Crippen LogP contribution in [0, 0.1) is 0 Å². The van der Waals surface area contributed by atoms with Crippen molar-refractivity contribution >= 4 is 28.7 Å². The van der Waals surface area contributed by atoms with Gasteiger partial charge in [0, 0.05) is 13.2 Å². The number of hydrogen-bond donors (Lipinski definition) is 0. The van der Waals surface area contributed by atoms with E-state index < -0.39 is 0 Å². The van der Waals surface area contributed by atoms with Gasteiger partial charge >= 0.3 is 0 Å². The van der Waals surface area contributed by atoms with E-state index in [0.29, 0.717) is 14.9 Å². The second-order valence-electron chi connectivity index (χ2n) is 2.81. The minimum absolute atomic E-state index is 0.0810. The fourth-order valence-electron chi connectivity index (χ4n) is 1.10. The molecule has 3 nitrogen and oxygen atoms in total. The van der Waals surface area contributed by atoms with Crippen LogP contribution in [-0.4, -0.2) is 15.6 Å². The zero-order chi connectivity index (χ0) is 10.1. The number of nitrogens with zero attached hydrogens (tertiary/aromatic N) is 2. The molecule has 0 aliphatic rings. The van der Waals surface area contributed by atoms with E-state index in [-0.39, 0.29) is 5.78 Å². The molecule has 0 N–H and O–H groups in total. The normalized spacial score (nSPS) is 10.4. The van der Waals surface area contributed by atoms with E-state index in [4.69, 9.17) is 11.6 Å². The van der Waals surface area contributed by atoms with Crippen LogP contribution in [0.4, 0.5) is 0 Å². The predicted molar refractivity (Wildman–Crippen MR) is 56.0 cm³/mol. The molecule has 0 fully saturated rings. The number of halogens is 1. The lowest BCUT2D eigenvalue weighted by atomic mass is 10.2. The summed E-state index contributed by atoms with van der Waals surface area (Å²) in [6.07, 6.45) is 1.74. The summed E-state index contributed by atoms with van der Waals surface area (Å²) in [5.74, 6) is -0.0810. The van der Waals surface area contributed by atoms with Gasteiger partial charge in [-0.2, -0.15) is 5.10 Å². The van der Waals surface area contributed by atoms with Gasteiger partial charge in [-0.05, 0) is 18.2 Å². The number of aromatic nitrogens is 2. The highest BCUT2D eigenvalue weighted by Gasteiger charge is 2.13. The van der Waals surface area contributed by atoms with Crippen LogP contribution in [-0.2, 0) is 7.05 Å². The summed E-state index contributed by atoms with van der Waals surface area (Å²) in [5, 5.41) is 4.03. The molecule has 0 saturated carbocycles. The van der Waals surface area contributed by atoms with Gasteiger partial charge in [0.1, 0.15) is 5.69 Å². The first-order valence-corrected chi connectivity index (χ1v) is 5.16. The van der Waals surface area contributed by atoms with E-state index in [0.717, 1.165) is 0 Å². The average molecular weight is 227 g/mol. The van der Waals surface area contributed by atoms with Gasteiger partial charge in [0.15, 0.2) is 0 Å². The minimum Gasteiger partial charge on any atom is -0.286 e. The first-order chi connectivity index (χ1) is 6.66. The van der Waals surface area contributed by atoms with Crippen LogP contribution >= 0.6 is 22.9 Å². The molecule has 0 unspecified atom stereocenters. The van der Waals surface area contributed by atoms with Gasteiger partial charge in [0.2, 0.25) is 5.78 Å². The van der Waals surface area contributed by atoms with Gasteiger partial charge in [-0.15, -0.1) is 11.3 Å². The maximum absolute atomic E-state index is 11.7. The molecule has 0 aliphatic carbocycles. The molecule has 0 aromatic carbocycles. The van der Waals surface area contributed by atoms with Crippen LogP contribution in [0.3, 0.4) is 0 Å². The SMILES string of the molecule is Cn1ccc(C(=O)c2ccc(Cl)s2)n1. The van der Waals surface area contributed by atoms with Gasteiger partial charge in [-0.25, -0.2) is 0 Å². The number of thiophene rings is 1. The Hall–Kier alpha value is -1.13. The third-order valence-electron chi connectivity index (χ3n) is 1.74. The van der Waals surface area contributed by atoms with Crippen molar-refractivity contribution in [1.29, 1.82) is 0 Å². The lowest BCUT2D eigenvalue weighted by Crippen LogP contribution is -2.00. The highest BCUT2D eigenvalue weighted by atomic mass is 35.5. The number of aryl methyl sites for hydroxylation is 1. The molecule has 2 aromatic rings. The Morgan fingerprint density at radius 3 is 2.79 bits per heavy atom.